The first-order valence-electron chi connectivity index (χ1n) is 12.7. The van der Waals surface area contributed by atoms with Crippen molar-refractivity contribution in [3.8, 4) is 11.5 Å². The standard InChI is InChI=1S/C27H33N7O3/c1-5-27(2,3)34-25(29-30-31-34)24(22-16-18-6-11-21(37-4)17-23(18)28-26(22)36)33-14-12-32(13-15-33)19-7-9-20(35)10-8-19/h6-11,16-17,24,35H,5,12-15H2,1-4H3,(H,28,36)/p+1/t24-/m0/s1. The lowest BCUT2D eigenvalue weighted by molar-refractivity contribution is -0.927. The number of aromatic hydroxyl groups is 1. The molecule has 5 rings (SSSR count). The van der Waals surface area contributed by atoms with Crippen LogP contribution in [0.25, 0.3) is 10.9 Å². The number of hydrogen-bond acceptors (Lipinski definition) is 7. The van der Waals surface area contributed by atoms with Crippen LogP contribution in [0, 0.1) is 0 Å². The van der Waals surface area contributed by atoms with Gasteiger partial charge in [-0.1, -0.05) is 6.92 Å². The van der Waals surface area contributed by atoms with E-state index in [4.69, 9.17) is 4.74 Å². The number of rotatable bonds is 7. The summed E-state index contributed by atoms with van der Waals surface area (Å²) in [5, 5.41) is 23.5. The van der Waals surface area contributed by atoms with Gasteiger partial charge in [0.2, 0.25) is 5.82 Å². The largest absolute Gasteiger partial charge is 0.508 e. The molecule has 0 bridgehead atoms. The van der Waals surface area contributed by atoms with E-state index in [1.807, 2.05) is 41.1 Å². The van der Waals surface area contributed by atoms with E-state index in [0.29, 0.717) is 17.1 Å². The van der Waals surface area contributed by atoms with Gasteiger partial charge in [0, 0.05) is 11.8 Å². The number of quaternary nitrogens is 1. The molecule has 3 heterocycles. The van der Waals surface area contributed by atoms with E-state index in [2.05, 4.69) is 46.2 Å². The van der Waals surface area contributed by atoms with Gasteiger partial charge in [-0.2, -0.15) is 0 Å². The Labute approximate surface area is 215 Å². The van der Waals surface area contributed by atoms with E-state index >= 15 is 0 Å². The summed E-state index contributed by atoms with van der Waals surface area (Å²) >= 11 is 0. The molecule has 0 aliphatic carbocycles. The average molecular weight is 505 g/mol. The number of nitrogens with zero attached hydrogens (tertiary/aromatic N) is 5. The van der Waals surface area contributed by atoms with Crippen molar-refractivity contribution in [1.82, 2.24) is 25.2 Å². The van der Waals surface area contributed by atoms with Crippen LogP contribution in [0.4, 0.5) is 5.69 Å². The van der Waals surface area contributed by atoms with Gasteiger partial charge >= 0.3 is 0 Å². The molecule has 3 N–H and O–H groups in total. The van der Waals surface area contributed by atoms with Gasteiger partial charge in [0.05, 0.1) is 49.9 Å². The summed E-state index contributed by atoms with van der Waals surface area (Å²) in [7, 11) is 1.61. The lowest BCUT2D eigenvalue weighted by atomic mass is 9.99. The van der Waals surface area contributed by atoms with Crippen LogP contribution in [0.3, 0.4) is 0 Å². The highest BCUT2D eigenvalue weighted by molar-refractivity contribution is 5.80. The smallest absolute Gasteiger partial charge is 0.258 e. The number of methoxy groups -OCH3 is 1. The number of tetrazole rings is 1. The van der Waals surface area contributed by atoms with Crippen LogP contribution in [-0.2, 0) is 5.54 Å². The van der Waals surface area contributed by atoms with Gasteiger partial charge in [0.1, 0.15) is 11.5 Å². The highest BCUT2D eigenvalue weighted by Gasteiger charge is 2.38. The number of anilines is 1. The Morgan fingerprint density at radius 1 is 1.14 bits per heavy atom. The van der Waals surface area contributed by atoms with Crippen molar-refractivity contribution in [3.05, 3.63) is 70.3 Å². The van der Waals surface area contributed by atoms with Crippen molar-refractivity contribution in [2.45, 2.75) is 38.8 Å². The third-order valence-electron chi connectivity index (χ3n) is 7.61. The summed E-state index contributed by atoms with van der Waals surface area (Å²) in [6.45, 7) is 9.53. The minimum atomic E-state index is -0.335. The molecular weight excluding hydrogens is 470 g/mol. The number of aromatic nitrogens is 5. The molecule has 2 aromatic carbocycles. The Balaban J connectivity index is 1.55. The van der Waals surface area contributed by atoms with E-state index < -0.39 is 0 Å². The first kappa shape index (κ1) is 24.8. The Bertz CT molecular complexity index is 1440. The van der Waals surface area contributed by atoms with Gasteiger partial charge < -0.3 is 24.6 Å². The molecule has 10 nitrogen and oxygen atoms in total. The molecule has 1 saturated heterocycles. The molecule has 1 aliphatic rings. The molecule has 1 fully saturated rings. The average Bonchev–Trinajstić information content (AvgIpc) is 3.40. The van der Waals surface area contributed by atoms with Gasteiger partial charge in [-0.15, -0.1) is 5.10 Å². The molecule has 0 spiro atoms. The SMILES string of the molecule is CCC(C)(C)n1nnnc1[C@H](c1cc2ccc(OC)cc2[nH]c1=O)[NH+]1CCN(c2ccc(O)cc2)CC1. The van der Waals surface area contributed by atoms with Gasteiger partial charge in [-0.3, -0.25) is 4.79 Å². The monoisotopic (exact) mass is 504 g/mol. The number of aromatic amines is 1. The summed E-state index contributed by atoms with van der Waals surface area (Å²) in [6, 6.07) is 14.6. The van der Waals surface area contributed by atoms with Crippen molar-refractivity contribution < 1.29 is 14.7 Å². The zero-order chi connectivity index (χ0) is 26.2. The summed E-state index contributed by atoms with van der Waals surface area (Å²) in [5.41, 5.74) is 1.99. The molecule has 2 aromatic heterocycles. The zero-order valence-corrected chi connectivity index (χ0v) is 21.7. The fourth-order valence-electron chi connectivity index (χ4n) is 5.04. The summed E-state index contributed by atoms with van der Waals surface area (Å²) in [4.78, 5) is 20.1. The van der Waals surface area contributed by atoms with Gasteiger partial charge in [0.25, 0.3) is 5.56 Å². The number of H-pyrrole nitrogens is 1. The zero-order valence-electron chi connectivity index (χ0n) is 21.7. The van der Waals surface area contributed by atoms with Crippen LogP contribution in [0.5, 0.6) is 11.5 Å². The number of benzene rings is 2. The van der Waals surface area contributed by atoms with E-state index in [1.165, 1.54) is 4.90 Å². The van der Waals surface area contributed by atoms with Crippen molar-refractivity contribution in [2.24, 2.45) is 0 Å². The first-order valence-corrected chi connectivity index (χ1v) is 12.7. The highest BCUT2D eigenvalue weighted by Crippen LogP contribution is 2.26. The molecule has 0 saturated carbocycles. The van der Waals surface area contributed by atoms with Gasteiger partial charge in [0.15, 0.2) is 6.04 Å². The molecule has 0 unspecified atom stereocenters. The Morgan fingerprint density at radius 3 is 2.54 bits per heavy atom. The van der Waals surface area contributed by atoms with Crippen LogP contribution >= 0.6 is 0 Å². The Morgan fingerprint density at radius 2 is 1.86 bits per heavy atom. The summed E-state index contributed by atoms with van der Waals surface area (Å²) < 4.78 is 7.22. The minimum Gasteiger partial charge on any atom is -0.508 e. The lowest BCUT2D eigenvalue weighted by Crippen LogP contribution is -3.15. The molecule has 10 heteroatoms. The minimum absolute atomic E-state index is 0.150. The predicted molar refractivity (Wildman–Crippen MR) is 141 cm³/mol. The lowest BCUT2D eigenvalue weighted by Gasteiger charge is -2.37. The number of hydrogen-bond donors (Lipinski definition) is 3. The third kappa shape index (κ3) is 4.76. The molecule has 1 aliphatic heterocycles. The second-order valence-corrected chi connectivity index (χ2v) is 10.2. The van der Waals surface area contributed by atoms with Crippen LogP contribution in [0.1, 0.15) is 44.6 Å². The fourth-order valence-corrected chi connectivity index (χ4v) is 5.04. The maximum atomic E-state index is 13.5. The molecule has 1 atom stereocenters. The van der Waals surface area contributed by atoms with Gasteiger partial charge in [-0.25, -0.2) is 4.68 Å². The maximum absolute atomic E-state index is 13.5. The summed E-state index contributed by atoms with van der Waals surface area (Å²) in [5.74, 6) is 1.64. The number of pyridine rings is 1. The quantitative estimate of drug-likeness (QED) is 0.352. The van der Waals surface area contributed by atoms with Crippen molar-refractivity contribution in [1.29, 1.82) is 0 Å². The number of piperazine rings is 1. The Kier molecular flexibility index (Phi) is 6.59. The van der Waals surface area contributed by atoms with Crippen molar-refractivity contribution in [2.75, 3.05) is 38.2 Å². The highest BCUT2D eigenvalue weighted by atomic mass is 16.5. The van der Waals surface area contributed by atoms with Crippen LogP contribution < -0.4 is 20.1 Å². The second kappa shape index (κ2) is 9.85. The van der Waals surface area contributed by atoms with E-state index in [0.717, 1.165) is 49.2 Å². The maximum Gasteiger partial charge on any atom is 0.258 e. The fraction of sp³-hybridized carbons (Fsp3) is 0.407. The Hall–Kier alpha value is -3.92. The predicted octanol–water partition coefficient (Wildman–Crippen LogP) is 1.87. The number of phenolic OH excluding ortho intramolecular Hbond substituents is 1. The van der Waals surface area contributed by atoms with Crippen molar-refractivity contribution in [3.63, 3.8) is 0 Å². The number of fused-ring (bicyclic) bond motifs is 1. The number of ether oxygens (including phenoxy) is 1. The third-order valence-corrected chi connectivity index (χ3v) is 7.61. The van der Waals surface area contributed by atoms with E-state index in [9.17, 15) is 9.90 Å². The number of phenols is 1. The van der Waals surface area contributed by atoms with Crippen molar-refractivity contribution >= 4 is 16.6 Å². The first-order chi connectivity index (χ1) is 17.8. The second-order valence-electron chi connectivity index (χ2n) is 10.2. The topological polar surface area (TPSA) is 114 Å². The number of nitrogens with one attached hydrogen (secondary N) is 2. The molecule has 194 valence electrons. The molecule has 0 radical (unpaired) electrons. The molecule has 4 aromatic rings. The van der Waals surface area contributed by atoms with Gasteiger partial charge in [-0.05, 0) is 78.5 Å². The van der Waals surface area contributed by atoms with E-state index in [-0.39, 0.29) is 22.9 Å². The molecule has 37 heavy (non-hydrogen) atoms. The molecular formula is C27H34N7O3+. The van der Waals surface area contributed by atoms with Crippen LogP contribution in [0.15, 0.2) is 53.3 Å². The summed E-state index contributed by atoms with van der Waals surface area (Å²) in [6.07, 6.45) is 0.843. The van der Waals surface area contributed by atoms with Crippen LogP contribution in [-0.4, -0.2) is 63.6 Å². The van der Waals surface area contributed by atoms with Crippen LogP contribution in [0.2, 0.25) is 0 Å². The normalized spacial score (nSPS) is 15.7. The molecule has 0 amide bonds. The van der Waals surface area contributed by atoms with E-state index in [1.54, 1.807) is 19.2 Å².